The third-order valence-electron chi connectivity index (χ3n) is 6.21. The van der Waals surface area contributed by atoms with Gasteiger partial charge in [0.1, 0.15) is 5.82 Å². The number of sulfonamides is 1. The molecule has 33 heavy (non-hydrogen) atoms. The van der Waals surface area contributed by atoms with Crippen LogP contribution < -0.4 is 10.3 Å². The van der Waals surface area contributed by atoms with Crippen molar-refractivity contribution in [2.75, 3.05) is 4.72 Å². The number of hydrogen-bond acceptors (Lipinski definition) is 4. The summed E-state index contributed by atoms with van der Waals surface area (Å²) in [5.41, 5.74) is 4.76. The highest BCUT2D eigenvalue weighted by Crippen LogP contribution is 2.26. The Hall–Kier alpha value is -3.45. The maximum absolute atomic E-state index is 13.3. The molecular weight excluding hydrogens is 434 g/mol. The lowest BCUT2D eigenvalue weighted by Gasteiger charge is -2.17. The van der Waals surface area contributed by atoms with Crippen LogP contribution in [0.1, 0.15) is 35.4 Å². The third kappa shape index (κ3) is 4.04. The van der Waals surface area contributed by atoms with E-state index in [4.69, 9.17) is 0 Å². The molecule has 0 unspecified atom stereocenters. The molecule has 0 fully saturated rings. The minimum absolute atomic E-state index is 0.238. The van der Waals surface area contributed by atoms with Gasteiger partial charge in [-0.05, 0) is 93.1 Å². The molecule has 0 saturated carbocycles. The van der Waals surface area contributed by atoms with Gasteiger partial charge in [-0.3, -0.25) is 14.1 Å². The van der Waals surface area contributed by atoms with Crippen molar-refractivity contribution in [1.29, 1.82) is 0 Å². The Balaban J connectivity index is 1.54. The van der Waals surface area contributed by atoms with Gasteiger partial charge >= 0.3 is 0 Å². The molecule has 0 bridgehead atoms. The van der Waals surface area contributed by atoms with Crippen LogP contribution in [0.4, 0.5) is 5.69 Å². The molecule has 1 aromatic heterocycles. The molecule has 168 valence electrons. The molecule has 0 saturated heterocycles. The number of fused-ring (bicyclic) bond motifs is 2. The van der Waals surface area contributed by atoms with Crippen LogP contribution in [0.2, 0.25) is 0 Å². The number of aromatic nitrogens is 2. The van der Waals surface area contributed by atoms with Crippen molar-refractivity contribution in [1.82, 2.24) is 9.55 Å². The first-order valence-electron chi connectivity index (χ1n) is 11.1. The topological polar surface area (TPSA) is 81.1 Å². The molecule has 6 nitrogen and oxygen atoms in total. The number of rotatable bonds is 4. The van der Waals surface area contributed by atoms with Gasteiger partial charge in [-0.1, -0.05) is 23.8 Å². The Morgan fingerprint density at radius 2 is 1.61 bits per heavy atom. The Bertz CT molecular complexity index is 1540. The van der Waals surface area contributed by atoms with Gasteiger partial charge in [0.05, 0.1) is 21.5 Å². The fourth-order valence-electron chi connectivity index (χ4n) is 4.45. The van der Waals surface area contributed by atoms with Gasteiger partial charge < -0.3 is 0 Å². The van der Waals surface area contributed by atoms with Gasteiger partial charge in [-0.2, -0.15) is 0 Å². The SMILES string of the molecule is Cc1ccc(-n2c(C)nc3ccc(NS(=O)(=O)c4ccc5c(c4)CCCC5)cc3c2=O)cc1. The maximum Gasteiger partial charge on any atom is 0.266 e. The molecule has 1 aliphatic carbocycles. The molecule has 3 aromatic carbocycles. The Labute approximate surface area is 193 Å². The van der Waals surface area contributed by atoms with Gasteiger partial charge in [-0.15, -0.1) is 0 Å². The quantitative estimate of drug-likeness (QED) is 0.480. The van der Waals surface area contributed by atoms with E-state index >= 15 is 0 Å². The zero-order valence-electron chi connectivity index (χ0n) is 18.6. The minimum atomic E-state index is -3.78. The van der Waals surface area contributed by atoms with Crippen molar-refractivity contribution in [2.45, 2.75) is 44.4 Å². The fourth-order valence-corrected chi connectivity index (χ4v) is 5.55. The molecule has 1 heterocycles. The van der Waals surface area contributed by atoms with E-state index in [-0.39, 0.29) is 10.5 Å². The summed E-state index contributed by atoms with van der Waals surface area (Å²) in [5.74, 6) is 0.568. The first-order chi connectivity index (χ1) is 15.8. The fraction of sp³-hybridized carbons (Fsp3) is 0.231. The van der Waals surface area contributed by atoms with Gasteiger partial charge in [0.25, 0.3) is 15.6 Å². The molecule has 1 N–H and O–H groups in total. The van der Waals surface area contributed by atoms with Crippen LogP contribution in [0.15, 0.2) is 70.4 Å². The van der Waals surface area contributed by atoms with Crippen molar-refractivity contribution >= 4 is 26.6 Å². The summed E-state index contributed by atoms with van der Waals surface area (Å²) in [4.78, 5) is 18.1. The first kappa shape index (κ1) is 21.4. The number of aryl methyl sites for hydroxylation is 4. The number of hydrogen-bond donors (Lipinski definition) is 1. The van der Waals surface area contributed by atoms with Crippen LogP contribution in [0.3, 0.4) is 0 Å². The number of nitrogens with zero attached hydrogens (tertiary/aromatic N) is 2. The van der Waals surface area contributed by atoms with E-state index < -0.39 is 10.0 Å². The number of anilines is 1. The van der Waals surface area contributed by atoms with Gasteiger partial charge in [0.2, 0.25) is 0 Å². The molecule has 5 rings (SSSR count). The van der Waals surface area contributed by atoms with E-state index in [2.05, 4.69) is 9.71 Å². The van der Waals surface area contributed by atoms with Gasteiger partial charge in [-0.25, -0.2) is 13.4 Å². The van der Waals surface area contributed by atoms with Crippen molar-refractivity contribution < 1.29 is 8.42 Å². The van der Waals surface area contributed by atoms with Crippen molar-refractivity contribution in [3.8, 4) is 5.69 Å². The van der Waals surface area contributed by atoms with E-state index in [0.717, 1.165) is 42.5 Å². The second-order valence-electron chi connectivity index (χ2n) is 8.61. The Morgan fingerprint density at radius 1 is 0.879 bits per heavy atom. The maximum atomic E-state index is 13.3. The van der Waals surface area contributed by atoms with Gasteiger partial charge in [0, 0.05) is 5.69 Å². The van der Waals surface area contributed by atoms with E-state index in [9.17, 15) is 13.2 Å². The van der Waals surface area contributed by atoms with E-state index in [1.807, 2.05) is 37.3 Å². The van der Waals surface area contributed by atoms with E-state index in [0.29, 0.717) is 22.4 Å². The molecule has 1 aliphatic rings. The molecule has 0 spiro atoms. The monoisotopic (exact) mass is 459 g/mol. The third-order valence-corrected chi connectivity index (χ3v) is 7.59. The summed E-state index contributed by atoms with van der Waals surface area (Å²) >= 11 is 0. The molecule has 0 amide bonds. The van der Waals surface area contributed by atoms with E-state index in [1.165, 1.54) is 5.56 Å². The molecule has 0 aliphatic heterocycles. The number of benzene rings is 3. The van der Waals surface area contributed by atoms with Crippen LogP contribution in [0.25, 0.3) is 16.6 Å². The summed E-state index contributed by atoms with van der Waals surface area (Å²) in [5, 5.41) is 0.354. The van der Waals surface area contributed by atoms with Crippen molar-refractivity contribution in [3.63, 3.8) is 0 Å². The molecule has 0 atom stereocenters. The van der Waals surface area contributed by atoms with Crippen LogP contribution in [-0.2, 0) is 22.9 Å². The summed E-state index contributed by atoms with van der Waals surface area (Å²) in [6.07, 6.45) is 4.11. The largest absolute Gasteiger partial charge is 0.280 e. The van der Waals surface area contributed by atoms with Crippen LogP contribution in [-0.4, -0.2) is 18.0 Å². The van der Waals surface area contributed by atoms with Crippen LogP contribution in [0, 0.1) is 13.8 Å². The smallest absolute Gasteiger partial charge is 0.266 e. The summed E-state index contributed by atoms with van der Waals surface area (Å²) < 4.78 is 30.3. The second kappa shape index (κ2) is 8.15. The molecular formula is C26H25N3O3S. The average Bonchev–Trinajstić information content (AvgIpc) is 2.80. The molecule has 7 heteroatoms. The molecule has 0 radical (unpaired) electrons. The summed E-state index contributed by atoms with van der Waals surface area (Å²) in [7, 11) is -3.78. The number of nitrogens with one attached hydrogen (secondary N) is 1. The van der Waals surface area contributed by atoms with Gasteiger partial charge in [0.15, 0.2) is 0 Å². The normalized spacial score (nSPS) is 13.6. The molecule has 4 aromatic rings. The summed E-state index contributed by atoms with van der Waals surface area (Å²) in [6.45, 7) is 3.77. The lowest BCUT2D eigenvalue weighted by Crippen LogP contribution is -2.22. The highest BCUT2D eigenvalue weighted by molar-refractivity contribution is 7.92. The minimum Gasteiger partial charge on any atom is -0.280 e. The lowest BCUT2D eigenvalue weighted by molar-refractivity contribution is 0.600. The van der Waals surface area contributed by atoms with Crippen molar-refractivity contribution in [2.24, 2.45) is 0 Å². The van der Waals surface area contributed by atoms with Crippen LogP contribution >= 0.6 is 0 Å². The predicted molar refractivity (Wildman–Crippen MR) is 131 cm³/mol. The van der Waals surface area contributed by atoms with E-state index in [1.54, 1.807) is 41.8 Å². The first-order valence-corrected chi connectivity index (χ1v) is 12.6. The highest BCUT2D eigenvalue weighted by atomic mass is 32.2. The zero-order chi connectivity index (χ0) is 23.2. The standard InChI is InChI=1S/C26H25N3O3S/c1-17-7-11-22(12-8-17)29-18(2)27-25-14-10-21(16-24(25)26(29)30)28-33(31,32)23-13-9-19-5-3-4-6-20(19)15-23/h7-16,28H,3-6H2,1-2H3. The van der Waals surface area contributed by atoms with Crippen molar-refractivity contribution in [3.05, 3.63) is 93.5 Å². The Kier molecular flexibility index (Phi) is 5.29. The summed E-state index contributed by atoms with van der Waals surface area (Å²) in [6, 6.07) is 17.8. The second-order valence-corrected chi connectivity index (χ2v) is 10.3. The van der Waals surface area contributed by atoms with Crippen LogP contribution in [0.5, 0.6) is 0 Å². The Morgan fingerprint density at radius 3 is 2.36 bits per heavy atom. The highest BCUT2D eigenvalue weighted by Gasteiger charge is 2.19. The average molecular weight is 460 g/mol. The zero-order valence-corrected chi connectivity index (χ0v) is 19.4. The predicted octanol–water partition coefficient (Wildman–Crippen LogP) is 4.68. The lowest BCUT2D eigenvalue weighted by atomic mass is 9.92.